The first-order chi connectivity index (χ1) is 9.16. The topological polar surface area (TPSA) is 44.4 Å². The Morgan fingerprint density at radius 1 is 1.42 bits per heavy atom. The molecule has 2 rings (SSSR count). The van der Waals surface area contributed by atoms with Gasteiger partial charge in [-0.25, -0.2) is 0 Å². The molecule has 1 amide bonds. The predicted octanol–water partition coefficient (Wildman–Crippen LogP) is 1.28. The van der Waals surface area contributed by atoms with Crippen LogP contribution in [0, 0.1) is 6.92 Å². The van der Waals surface area contributed by atoms with Crippen LogP contribution in [0.1, 0.15) is 15.9 Å². The number of carbonyl (C=O) groups is 1. The monoisotopic (exact) mass is 281 g/mol. The summed E-state index contributed by atoms with van der Waals surface area (Å²) in [5.74, 6) is -0.0583. The molecule has 19 heavy (non-hydrogen) atoms. The SMILES string of the molecule is Cc1ccc(C(=O)NCCN2CCNCC2)cc1Cl. The van der Waals surface area contributed by atoms with E-state index in [-0.39, 0.29) is 5.91 Å². The second-order valence-corrected chi connectivity index (χ2v) is 5.22. The van der Waals surface area contributed by atoms with E-state index in [1.807, 2.05) is 13.0 Å². The molecule has 0 aromatic heterocycles. The molecule has 5 heteroatoms. The fourth-order valence-electron chi connectivity index (χ4n) is 2.10. The second-order valence-electron chi connectivity index (χ2n) is 4.81. The molecule has 1 aromatic carbocycles. The van der Waals surface area contributed by atoms with Gasteiger partial charge >= 0.3 is 0 Å². The summed E-state index contributed by atoms with van der Waals surface area (Å²) in [6, 6.07) is 5.39. The number of amides is 1. The Bertz CT molecular complexity index is 444. The fourth-order valence-corrected chi connectivity index (χ4v) is 2.28. The highest BCUT2D eigenvalue weighted by atomic mass is 35.5. The van der Waals surface area contributed by atoms with Crippen LogP contribution >= 0.6 is 11.6 Å². The summed E-state index contributed by atoms with van der Waals surface area (Å²) >= 11 is 6.02. The number of nitrogens with zero attached hydrogens (tertiary/aromatic N) is 1. The number of nitrogens with one attached hydrogen (secondary N) is 2. The van der Waals surface area contributed by atoms with Crippen molar-refractivity contribution in [2.75, 3.05) is 39.3 Å². The predicted molar refractivity (Wildman–Crippen MR) is 77.8 cm³/mol. The van der Waals surface area contributed by atoms with Gasteiger partial charge in [-0.05, 0) is 24.6 Å². The highest BCUT2D eigenvalue weighted by Gasteiger charge is 2.10. The number of halogens is 1. The molecule has 0 atom stereocenters. The minimum absolute atomic E-state index is 0.0583. The van der Waals surface area contributed by atoms with Crippen molar-refractivity contribution in [3.8, 4) is 0 Å². The van der Waals surface area contributed by atoms with Crippen molar-refractivity contribution < 1.29 is 4.79 Å². The third-order valence-corrected chi connectivity index (χ3v) is 3.76. The molecule has 4 nitrogen and oxygen atoms in total. The Balaban J connectivity index is 1.78. The van der Waals surface area contributed by atoms with Crippen molar-refractivity contribution in [1.82, 2.24) is 15.5 Å². The molecule has 0 saturated carbocycles. The van der Waals surface area contributed by atoms with Crippen LogP contribution in [-0.4, -0.2) is 50.1 Å². The van der Waals surface area contributed by atoms with E-state index in [1.54, 1.807) is 12.1 Å². The lowest BCUT2D eigenvalue weighted by molar-refractivity contribution is 0.0947. The van der Waals surface area contributed by atoms with Crippen LogP contribution in [0.4, 0.5) is 0 Å². The Hall–Kier alpha value is -1.10. The Morgan fingerprint density at radius 2 is 2.16 bits per heavy atom. The van der Waals surface area contributed by atoms with Gasteiger partial charge in [0.15, 0.2) is 0 Å². The zero-order valence-corrected chi connectivity index (χ0v) is 12.0. The third-order valence-electron chi connectivity index (χ3n) is 3.36. The Labute approximate surface area is 119 Å². The summed E-state index contributed by atoms with van der Waals surface area (Å²) in [6.45, 7) is 7.65. The minimum Gasteiger partial charge on any atom is -0.351 e. The molecular weight excluding hydrogens is 262 g/mol. The van der Waals surface area contributed by atoms with Crippen molar-refractivity contribution in [1.29, 1.82) is 0 Å². The van der Waals surface area contributed by atoms with E-state index in [2.05, 4.69) is 15.5 Å². The molecule has 1 heterocycles. The van der Waals surface area contributed by atoms with Crippen molar-refractivity contribution in [2.45, 2.75) is 6.92 Å². The molecule has 1 fully saturated rings. The minimum atomic E-state index is -0.0583. The van der Waals surface area contributed by atoms with Gasteiger partial charge < -0.3 is 10.6 Å². The van der Waals surface area contributed by atoms with E-state index in [0.717, 1.165) is 38.3 Å². The molecule has 1 aromatic rings. The van der Waals surface area contributed by atoms with Gasteiger partial charge in [0.1, 0.15) is 0 Å². The van der Waals surface area contributed by atoms with Crippen LogP contribution in [-0.2, 0) is 0 Å². The number of hydrogen-bond acceptors (Lipinski definition) is 3. The van der Waals surface area contributed by atoms with Crippen LogP contribution < -0.4 is 10.6 Å². The number of benzene rings is 1. The quantitative estimate of drug-likeness (QED) is 0.874. The highest BCUT2D eigenvalue weighted by molar-refractivity contribution is 6.31. The first kappa shape index (κ1) is 14.3. The number of piperazine rings is 1. The lowest BCUT2D eigenvalue weighted by Crippen LogP contribution is -2.46. The van der Waals surface area contributed by atoms with Crippen molar-refractivity contribution in [3.05, 3.63) is 34.3 Å². The summed E-state index contributed by atoms with van der Waals surface area (Å²) in [4.78, 5) is 14.3. The van der Waals surface area contributed by atoms with Gasteiger partial charge in [0.05, 0.1) is 0 Å². The van der Waals surface area contributed by atoms with E-state index >= 15 is 0 Å². The smallest absolute Gasteiger partial charge is 0.251 e. The lowest BCUT2D eigenvalue weighted by atomic mass is 10.1. The normalized spacial score (nSPS) is 16.3. The van der Waals surface area contributed by atoms with Crippen LogP contribution in [0.25, 0.3) is 0 Å². The highest BCUT2D eigenvalue weighted by Crippen LogP contribution is 2.16. The molecule has 104 valence electrons. The average Bonchev–Trinajstić information content (AvgIpc) is 2.43. The van der Waals surface area contributed by atoms with Gasteiger partial charge in [0.25, 0.3) is 5.91 Å². The van der Waals surface area contributed by atoms with Crippen LogP contribution in [0.15, 0.2) is 18.2 Å². The molecule has 0 aliphatic carbocycles. The first-order valence-corrected chi connectivity index (χ1v) is 7.02. The zero-order valence-electron chi connectivity index (χ0n) is 11.2. The molecule has 1 aliphatic heterocycles. The average molecular weight is 282 g/mol. The van der Waals surface area contributed by atoms with Gasteiger partial charge in [-0.15, -0.1) is 0 Å². The van der Waals surface area contributed by atoms with E-state index in [4.69, 9.17) is 11.6 Å². The van der Waals surface area contributed by atoms with Crippen molar-refractivity contribution >= 4 is 17.5 Å². The van der Waals surface area contributed by atoms with E-state index in [9.17, 15) is 4.79 Å². The van der Waals surface area contributed by atoms with Gasteiger partial charge in [-0.2, -0.15) is 0 Å². The van der Waals surface area contributed by atoms with Crippen LogP contribution in [0.3, 0.4) is 0 Å². The molecule has 0 radical (unpaired) electrons. The maximum Gasteiger partial charge on any atom is 0.251 e. The molecule has 0 unspecified atom stereocenters. The van der Waals surface area contributed by atoms with Gasteiger partial charge in [-0.3, -0.25) is 9.69 Å². The zero-order chi connectivity index (χ0) is 13.7. The summed E-state index contributed by atoms with van der Waals surface area (Å²) in [5.41, 5.74) is 1.61. The van der Waals surface area contributed by atoms with Gasteiger partial charge in [0.2, 0.25) is 0 Å². The molecule has 0 spiro atoms. The third kappa shape index (κ3) is 4.20. The molecule has 1 saturated heterocycles. The summed E-state index contributed by atoms with van der Waals surface area (Å²) < 4.78 is 0. The maximum absolute atomic E-state index is 11.9. The number of aryl methyl sites for hydroxylation is 1. The first-order valence-electron chi connectivity index (χ1n) is 6.64. The van der Waals surface area contributed by atoms with E-state index in [0.29, 0.717) is 17.1 Å². The standard InChI is InChI=1S/C14H20ClN3O/c1-11-2-3-12(10-13(11)15)14(19)17-6-9-18-7-4-16-5-8-18/h2-3,10,16H,4-9H2,1H3,(H,17,19). The second kappa shape index (κ2) is 6.89. The molecule has 2 N–H and O–H groups in total. The van der Waals surface area contributed by atoms with E-state index in [1.165, 1.54) is 0 Å². The van der Waals surface area contributed by atoms with Crippen molar-refractivity contribution in [2.24, 2.45) is 0 Å². The van der Waals surface area contributed by atoms with Crippen LogP contribution in [0.5, 0.6) is 0 Å². The Morgan fingerprint density at radius 3 is 2.84 bits per heavy atom. The molecule has 1 aliphatic rings. The van der Waals surface area contributed by atoms with Crippen molar-refractivity contribution in [3.63, 3.8) is 0 Å². The van der Waals surface area contributed by atoms with Crippen LogP contribution in [0.2, 0.25) is 5.02 Å². The summed E-state index contributed by atoms with van der Waals surface area (Å²) in [7, 11) is 0. The number of rotatable bonds is 4. The Kier molecular flexibility index (Phi) is 5.19. The summed E-state index contributed by atoms with van der Waals surface area (Å²) in [5, 5.41) is 6.87. The maximum atomic E-state index is 11.9. The van der Waals surface area contributed by atoms with Gasteiger partial charge in [0, 0.05) is 49.9 Å². The lowest BCUT2D eigenvalue weighted by Gasteiger charge is -2.27. The van der Waals surface area contributed by atoms with E-state index < -0.39 is 0 Å². The summed E-state index contributed by atoms with van der Waals surface area (Å²) in [6.07, 6.45) is 0. The number of carbonyl (C=O) groups excluding carboxylic acids is 1. The van der Waals surface area contributed by atoms with Gasteiger partial charge in [-0.1, -0.05) is 17.7 Å². The molecular formula is C14H20ClN3O. The largest absolute Gasteiger partial charge is 0.351 e. The fraction of sp³-hybridized carbons (Fsp3) is 0.500. The molecule has 0 bridgehead atoms. The number of hydrogen-bond donors (Lipinski definition) is 2.